The number of hydrogen-bond acceptors (Lipinski definition) is 4. The highest BCUT2D eigenvalue weighted by Gasteiger charge is 2.20. The van der Waals surface area contributed by atoms with Gasteiger partial charge >= 0.3 is 6.03 Å². The van der Waals surface area contributed by atoms with Crippen molar-refractivity contribution in [2.45, 2.75) is 53.0 Å². The number of aryl methyl sites for hydroxylation is 2. The normalized spacial score (nSPS) is 14.3. The molecule has 0 saturated carbocycles. The molecule has 0 aromatic carbocycles. The van der Waals surface area contributed by atoms with Gasteiger partial charge in [0.1, 0.15) is 0 Å². The molecule has 8 nitrogen and oxygen atoms in total. The van der Waals surface area contributed by atoms with Crippen LogP contribution < -0.4 is 5.32 Å². The molecule has 142 valence electrons. The first kappa shape index (κ1) is 18.4. The summed E-state index contributed by atoms with van der Waals surface area (Å²) in [6, 6.07) is 1.99. The van der Waals surface area contributed by atoms with Crippen LogP contribution in [0.2, 0.25) is 0 Å². The quantitative estimate of drug-likeness (QED) is 0.850. The van der Waals surface area contributed by atoms with Gasteiger partial charge in [0.2, 0.25) is 0 Å². The highest BCUT2D eigenvalue weighted by Crippen LogP contribution is 2.18. The molecule has 1 N–H and O–H groups in total. The van der Waals surface area contributed by atoms with Gasteiger partial charge in [-0.05, 0) is 19.4 Å². The van der Waals surface area contributed by atoms with Crippen molar-refractivity contribution in [2.75, 3.05) is 20.6 Å². The molecule has 0 saturated heterocycles. The second kappa shape index (κ2) is 7.90. The fraction of sp³-hybridized carbons (Fsp3) is 0.611. The van der Waals surface area contributed by atoms with Crippen molar-refractivity contribution in [1.29, 1.82) is 0 Å². The Morgan fingerprint density at radius 2 is 2.12 bits per heavy atom. The van der Waals surface area contributed by atoms with Gasteiger partial charge in [0.25, 0.3) is 0 Å². The molecule has 0 radical (unpaired) electrons. The summed E-state index contributed by atoms with van der Waals surface area (Å²) in [6.07, 6.45) is 3.27. The molecule has 2 amide bonds. The van der Waals surface area contributed by atoms with Crippen LogP contribution in [0.15, 0.2) is 12.3 Å². The Balaban J connectivity index is 1.60. The van der Waals surface area contributed by atoms with Gasteiger partial charge in [-0.2, -0.15) is 10.2 Å². The lowest BCUT2D eigenvalue weighted by molar-refractivity contribution is 0.204. The van der Waals surface area contributed by atoms with E-state index >= 15 is 0 Å². The minimum absolute atomic E-state index is 0.0998. The highest BCUT2D eigenvalue weighted by molar-refractivity contribution is 5.73. The van der Waals surface area contributed by atoms with Crippen LogP contribution >= 0.6 is 0 Å². The number of aromatic nitrogens is 4. The van der Waals surface area contributed by atoms with E-state index in [0.717, 1.165) is 50.5 Å². The molecule has 0 aliphatic carbocycles. The number of carbonyl (C=O) groups excluding carboxylic acids is 1. The first-order valence-corrected chi connectivity index (χ1v) is 9.22. The predicted octanol–water partition coefficient (Wildman–Crippen LogP) is 1.59. The summed E-state index contributed by atoms with van der Waals surface area (Å²) in [5, 5.41) is 12.1. The molecule has 0 unspecified atom stereocenters. The molecule has 0 fully saturated rings. The molecule has 2 aromatic heterocycles. The highest BCUT2D eigenvalue weighted by atomic mass is 16.2. The van der Waals surface area contributed by atoms with Crippen LogP contribution in [0.1, 0.15) is 36.0 Å². The topological polar surface area (TPSA) is 71.2 Å². The lowest BCUT2D eigenvalue weighted by Gasteiger charge is -2.27. The van der Waals surface area contributed by atoms with Crippen LogP contribution in [0.3, 0.4) is 0 Å². The Bertz CT molecular complexity index is 762. The van der Waals surface area contributed by atoms with Crippen LogP contribution in [-0.2, 0) is 32.7 Å². The summed E-state index contributed by atoms with van der Waals surface area (Å²) in [7, 11) is 3.46. The third-order valence-corrected chi connectivity index (χ3v) is 4.65. The van der Waals surface area contributed by atoms with E-state index in [0.29, 0.717) is 6.54 Å². The molecule has 3 rings (SSSR count). The van der Waals surface area contributed by atoms with Crippen LogP contribution in [0.5, 0.6) is 0 Å². The summed E-state index contributed by atoms with van der Waals surface area (Å²) in [5.74, 6) is 0. The standard InChI is InChI=1S/C18H29N7O/c1-5-6-24-12-15(14(2)20-24)11-23-7-8-25-17(13-23)9-16(21-25)10-19-18(26)22(3)4/h9,12H,5-8,10-11,13H2,1-4H3,(H,19,26). The second-order valence-corrected chi connectivity index (χ2v) is 7.12. The average Bonchev–Trinajstić information content (AvgIpc) is 3.15. The maximum absolute atomic E-state index is 11.7. The average molecular weight is 359 g/mol. The minimum atomic E-state index is -0.0998. The van der Waals surface area contributed by atoms with Crippen LogP contribution in [-0.4, -0.2) is 56.0 Å². The van der Waals surface area contributed by atoms with Gasteiger partial charge in [-0.15, -0.1) is 0 Å². The Kier molecular flexibility index (Phi) is 5.61. The first-order valence-electron chi connectivity index (χ1n) is 9.22. The van der Waals surface area contributed by atoms with E-state index in [1.165, 1.54) is 16.2 Å². The Morgan fingerprint density at radius 3 is 2.85 bits per heavy atom. The summed E-state index contributed by atoms with van der Waals surface area (Å²) >= 11 is 0. The Morgan fingerprint density at radius 1 is 1.31 bits per heavy atom. The molecule has 2 aromatic rings. The Labute approximate surface area is 154 Å². The van der Waals surface area contributed by atoms with E-state index in [2.05, 4.69) is 51.2 Å². The van der Waals surface area contributed by atoms with Gasteiger partial charge in [-0.3, -0.25) is 14.3 Å². The van der Waals surface area contributed by atoms with Crippen molar-refractivity contribution < 1.29 is 4.79 Å². The molecule has 3 heterocycles. The molecule has 0 bridgehead atoms. The number of carbonyl (C=O) groups is 1. The molecule has 0 atom stereocenters. The van der Waals surface area contributed by atoms with E-state index in [9.17, 15) is 4.79 Å². The summed E-state index contributed by atoms with van der Waals surface area (Å²) < 4.78 is 4.10. The SMILES string of the molecule is CCCn1cc(CN2CCn3nc(CNC(=O)N(C)C)cc3C2)c(C)n1. The summed E-state index contributed by atoms with van der Waals surface area (Å²) in [4.78, 5) is 15.6. The molecule has 26 heavy (non-hydrogen) atoms. The van der Waals surface area contributed by atoms with E-state index in [1.54, 1.807) is 14.1 Å². The summed E-state index contributed by atoms with van der Waals surface area (Å²) in [5.41, 5.74) is 4.52. The number of rotatable bonds is 6. The molecular formula is C18H29N7O. The maximum Gasteiger partial charge on any atom is 0.317 e. The molecule has 1 aliphatic heterocycles. The van der Waals surface area contributed by atoms with Crippen LogP contribution in [0.4, 0.5) is 4.79 Å². The zero-order valence-corrected chi connectivity index (χ0v) is 16.2. The predicted molar refractivity (Wildman–Crippen MR) is 99.5 cm³/mol. The monoisotopic (exact) mass is 359 g/mol. The molecule has 0 spiro atoms. The minimum Gasteiger partial charge on any atom is -0.332 e. The third-order valence-electron chi connectivity index (χ3n) is 4.65. The number of hydrogen-bond donors (Lipinski definition) is 1. The van der Waals surface area contributed by atoms with E-state index in [1.807, 2.05) is 4.68 Å². The molecule has 8 heteroatoms. The smallest absolute Gasteiger partial charge is 0.317 e. The van der Waals surface area contributed by atoms with Crippen LogP contribution in [0, 0.1) is 6.92 Å². The van der Waals surface area contributed by atoms with E-state index in [4.69, 9.17) is 0 Å². The Hall–Kier alpha value is -2.35. The van der Waals surface area contributed by atoms with Crippen molar-refractivity contribution in [3.63, 3.8) is 0 Å². The molecular weight excluding hydrogens is 330 g/mol. The van der Waals surface area contributed by atoms with E-state index < -0.39 is 0 Å². The van der Waals surface area contributed by atoms with E-state index in [-0.39, 0.29) is 6.03 Å². The van der Waals surface area contributed by atoms with Gasteiger partial charge in [-0.25, -0.2) is 4.79 Å². The first-order chi connectivity index (χ1) is 12.5. The van der Waals surface area contributed by atoms with Gasteiger partial charge in [0.05, 0.1) is 30.2 Å². The van der Waals surface area contributed by atoms with Crippen molar-refractivity contribution in [3.8, 4) is 0 Å². The number of urea groups is 1. The lowest BCUT2D eigenvalue weighted by Crippen LogP contribution is -2.34. The van der Waals surface area contributed by atoms with Gasteiger partial charge in [0.15, 0.2) is 0 Å². The van der Waals surface area contributed by atoms with Crippen molar-refractivity contribution in [3.05, 3.63) is 34.9 Å². The van der Waals surface area contributed by atoms with Crippen LogP contribution in [0.25, 0.3) is 0 Å². The van der Waals surface area contributed by atoms with Gasteiger partial charge in [-0.1, -0.05) is 6.92 Å². The summed E-state index contributed by atoms with van der Waals surface area (Å²) in [6.45, 7) is 9.30. The lowest BCUT2D eigenvalue weighted by atomic mass is 10.2. The fourth-order valence-corrected chi connectivity index (χ4v) is 3.22. The second-order valence-electron chi connectivity index (χ2n) is 7.12. The number of amides is 2. The van der Waals surface area contributed by atoms with Crippen molar-refractivity contribution >= 4 is 6.03 Å². The number of fused-ring (bicyclic) bond motifs is 1. The number of nitrogens with zero attached hydrogens (tertiary/aromatic N) is 6. The van der Waals surface area contributed by atoms with Gasteiger partial charge in [0, 0.05) is 52.0 Å². The maximum atomic E-state index is 11.7. The third kappa shape index (κ3) is 4.24. The fourth-order valence-electron chi connectivity index (χ4n) is 3.22. The van der Waals surface area contributed by atoms with Crippen molar-refractivity contribution in [2.24, 2.45) is 0 Å². The largest absolute Gasteiger partial charge is 0.332 e. The van der Waals surface area contributed by atoms with Crippen molar-refractivity contribution in [1.82, 2.24) is 34.7 Å². The number of nitrogens with one attached hydrogen (secondary N) is 1. The van der Waals surface area contributed by atoms with Gasteiger partial charge < -0.3 is 10.2 Å². The zero-order chi connectivity index (χ0) is 18.7. The zero-order valence-electron chi connectivity index (χ0n) is 16.2. The molecule has 1 aliphatic rings.